The first-order valence-electron chi connectivity index (χ1n) is 7.79. The number of aryl methyl sites for hydroxylation is 1. The van der Waals surface area contributed by atoms with Crippen molar-refractivity contribution in [3.05, 3.63) is 84.4 Å². The van der Waals surface area contributed by atoms with E-state index in [0.717, 1.165) is 28.1 Å². The normalized spacial score (nSPS) is 10.2. The van der Waals surface area contributed by atoms with Gasteiger partial charge in [-0.05, 0) is 47.9 Å². The molecule has 120 valence electrons. The second kappa shape index (κ2) is 7.01. The third kappa shape index (κ3) is 3.30. The summed E-state index contributed by atoms with van der Waals surface area (Å²) in [6.07, 6.45) is -0.411. The average Bonchev–Trinajstić information content (AvgIpc) is 2.63. The highest BCUT2D eigenvalue weighted by Crippen LogP contribution is 2.31. The van der Waals surface area contributed by atoms with Crippen LogP contribution >= 0.6 is 0 Å². The number of amides is 1. The second-order valence-corrected chi connectivity index (χ2v) is 5.56. The summed E-state index contributed by atoms with van der Waals surface area (Å²) < 4.78 is 4.99. The number of ether oxygens (including phenoxy) is 1. The molecule has 0 aliphatic carbocycles. The largest absolute Gasteiger partial charge is 0.452 e. The molecule has 0 N–H and O–H groups in total. The Labute approximate surface area is 142 Å². The fourth-order valence-corrected chi connectivity index (χ4v) is 2.72. The molecule has 0 bridgehead atoms. The van der Waals surface area contributed by atoms with Crippen LogP contribution in [0, 0.1) is 6.92 Å². The van der Waals surface area contributed by atoms with Gasteiger partial charge in [0.15, 0.2) is 0 Å². The van der Waals surface area contributed by atoms with Gasteiger partial charge in [0.1, 0.15) is 0 Å². The molecule has 0 atom stereocenters. The first-order chi connectivity index (χ1) is 11.7. The van der Waals surface area contributed by atoms with Gasteiger partial charge < -0.3 is 4.74 Å². The highest BCUT2D eigenvalue weighted by atomic mass is 16.5. The molecule has 0 aromatic heterocycles. The van der Waals surface area contributed by atoms with E-state index in [1.807, 2.05) is 67.6 Å². The Kier molecular flexibility index (Phi) is 4.62. The quantitative estimate of drug-likeness (QED) is 0.632. The van der Waals surface area contributed by atoms with Crippen molar-refractivity contribution in [1.29, 1.82) is 0 Å². The number of methoxy groups -OCH3 is 1. The predicted octanol–water partition coefficient (Wildman–Crippen LogP) is 5.57. The number of hydrogen-bond donors (Lipinski definition) is 0. The van der Waals surface area contributed by atoms with Crippen molar-refractivity contribution < 1.29 is 9.53 Å². The zero-order valence-electron chi connectivity index (χ0n) is 13.8. The molecule has 0 spiro atoms. The topological polar surface area (TPSA) is 29.5 Å². The van der Waals surface area contributed by atoms with Crippen molar-refractivity contribution in [1.82, 2.24) is 0 Å². The molecular weight excluding hydrogens is 298 g/mol. The van der Waals surface area contributed by atoms with Crippen molar-refractivity contribution in [2.45, 2.75) is 6.92 Å². The van der Waals surface area contributed by atoms with Crippen LogP contribution in [0.4, 0.5) is 16.2 Å². The lowest BCUT2D eigenvalue weighted by molar-refractivity contribution is 0.181. The van der Waals surface area contributed by atoms with E-state index in [1.165, 1.54) is 7.11 Å². The predicted molar refractivity (Wildman–Crippen MR) is 97.6 cm³/mol. The third-order valence-electron chi connectivity index (χ3n) is 3.80. The molecule has 3 aromatic carbocycles. The van der Waals surface area contributed by atoms with E-state index in [2.05, 4.69) is 18.2 Å². The minimum Gasteiger partial charge on any atom is -0.452 e. The Hall–Kier alpha value is -3.07. The molecule has 3 aromatic rings. The number of benzene rings is 3. The number of carbonyl (C=O) groups is 1. The fourth-order valence-electron chi connectivity index (χ4n) is 2.72. The highest BCUT2D eigenvalue weighted by Gasteiger charge is 2.19. The molecule has 0 unspecified atom stereocenters. The van der Waals surface area contributed by atoms with E-state index in [0.29, 0.717) is 0 Å². The highest BCUT2D eigenvalue weighted by molar-refractivity contribution is 5.96. The molecule has 1 amide bonds. The van der Waals surface area contributed by atoms with Crippen LogP contribution in [0.2, 0.25) is 0 Å². The molecule has 0 aliphatic rings. The first-order valence-corrected chi connectivity index (χ1v) is 7.79. The van der Waals surface area contributed by atoms with Crippen LogP contribution in [0.5, 0.6) is 0 Å². The van der Waals surface area contributed by atoms with Crippen LogP contribution in [0.15, 0.2) is 78.9 Å². The van der Waals surface area contributed by atoms with Crippen LogP contribution in [0.25, 0.3) is 11.1 Å². The number of hydrogen-bond acceptors (Lipinski definition) is 2. The van der Waals surface area contributed by atoms with Gasteiger partial charge in [-0.15, -0.1) is 0 Å². The molecule has 3 heteroatoms. The van der Waals surface area contributed by atoms with E-state index < -0.39 is 6.09 Å². The Morgan fingerprint density at radius 3 is 2.04 bits per heavy atom. The van der Waals surface area contributed by atoms with Crippen molar-refractivity contribution in [3.63, 3.8) is 0 Å². The van der Waals surface area contributed by atoms with Gasteiger partial charge in [0, 0.05) is 0 Å². The average molecular weight is 317 g/mol. The molecule has 0 heterocycles. The van der Waals surface area contributed by atoms with Gasteiger partial charge in [-0.3, -0.25) is 0 Å². The van der Waals surface area contributed by atoms with Crippen molar-refractivity contribution in [2.24, 2.45) is 0 Å². The van der Waals surface area contributed by atoms with Gasteiger partial charge >= 0.3 is 6.09 Å². The molecule has 0 saturated heterocycles. The molecule has 3 rings (SSSR count). The summed E-state index contributed by atoms with van der Waals surface area (Å²) in [5.74, 6) is 0. The molecular formula is C21H19NO2. The maximum atomic E-state index is 12.4. The van der Waals surface area contributed by atoms with Crippen molar-refractivity contribution in [2.75, 3.05) is 12.0 Å². The lowest BCUT2D eigenvalue weighted by Gasteiger charge is -2.22. The zero-order chi connectivity index (χ0) is 16.9. The van der Waals surface area contributed by atoms with Crippen LogP contribution < -0.4 is 4.90 Å². The molecule has 3 nitrogen and oxygen atoms in total. The Morgan fingerprint density at radius 1 is 0.792 bits per heavy atom. The van der Waals surface area contributed by atoms with Crippen molar-refractivity contribution in [3.8, 4) is 11.1 Å². The Balaban J connectivity index is 2.12. The number of anilines is 2. The summed E-state index contributed by atoms with van der Waals surface area (Å²) in [6, 6.07) is 25.7. The fraction of sp³-hybridized carbons (Fsp3) is 0.0952. The standard InChI is InChI=1S/C21H19NO2/c1-16-13-18(17-9-5-3-6-10-17)15-20(14-16)22(21(23)24-2)19-11-7-4-8-12-19/h3-15H,1-2H3. The SMILES string of the molecule is COC(=O)N(c1ccccc1)c1cc(C)cc(-c2ccccc2)c1. The van der Waals surface area contributed by atoms with Gasteiger partial charge in [0.2, 0.25) is 0 Å². The number of carbonyl (C=O) groups excluding carboxylic acids is 1. The monoisotopic (exact) mass is 317 g/mol. The van der Waals surface area contributed by atoms with Gasteiger partial charge in [0.05, 0.1) is 18.5 Å². The zero-order valence-corrected chi connectivity index (χ0v) is 13.8. The summed E-state index contributed by atoms with van der Waals surface area (Å²) in [5.41, 5.74) is 4.81. The third-order valence-corrected chi connectivity index (χ3v) is 3.80. The van der Waals surface area contributed by atoms with Crippen LogP contribution in [0.1, 0.15) is 5.56 Å². The lowest BCUT2D eigenvalue weighted by Crippen LogP contribution is -2.25. The van der Waals surface area contributed by atoms with Gasteiger partial charge in [-0.1, -0.05) is 54.6 Å². The summed E-state index contributed by atoms with van der Waals surface area (Å²) >= 11 is 0. The molecule has 0 fully saturated rings. The second-order valence-electron chi connectivity index (χ2n) is 5.56. The van der Waals surface area contributed by atoms with Gasteiger partial charge in [-0.2, -0.15) is 0 Å². The van der Waals surface area contributed by atoms with E-state index in [9.17, 15) is 4.79 Å². The Morgan fingerprint density at radius 2 is 1.42 bits per heavy atom. The first kappa shape index (κ1) is 15.8. The number of para-hydroxylation sites is 1. The summed E-state index contributed by atoms with van der Waals surface area (Å²) in [4.78, 5) is 14.0. The van der Waals surface area contributed by atoms with E-state index in [-0.39, 0.29) is 0 Å². The summed E-state index contributed by atoms with van der Waals surface area (Å²) in [6.45, 7) is 2.02. The van der Waals surface area contributed by atoms with E-state index in [4.69, 9.17) is 4.74 Å². The van der Waals surface area contributed by atoms with Crippen LogP contribution in [-0.4, -0.2) is 13.2 Å². The maximum absolute atomic E-state index is 12.4. The van der Waals surface area contributed by atoms with Gasteiger partial charge in [-0.25, -0.2) is 9.69 Å². The lowest BCUT2D eigenvalue weighted by atomic mass is 10.0. The van der Waals surface area contributed by atoms with E-state index in [1.54, 1.807) is 4.90 Å². The maximum Gasteiger partial charge on any atom is 0.418 e. The smallest absolute Gasteiger partial charge is 0.418 e. The minimum absolute atomic E-state index is 0.411. The number of nitrogens with zero attached hydrogens (tertiary/aromatic N) is 1. The molecule has 0 radical (unpaired) electrons. The molecule has 0 aliphatic heterocycles. The van der Waals surface area contributed by atoms with Crippen LogP contribution in [0.3, 0.4) is 0 Å². The van der Waals surface area contributed by atoms with Gasteiger partial charge in [0.25, 0.3) is 0 Å². The minimum atomic E-state index is -0.411. The summed E-state index contributed by atoms with van der Waals surface area (Å²) in [5, 5.41) is 0. The van der Waals surface area contributed by atoms with Crippen LogP contribution in [-0.2, 0) is 4.74 Å². The number of rotatable bonds is 3. The van der Waals surface area contributed by atoms with Crippen molar-refractivity contribution >= 4 is 17.5 Å². The van der Waals surface area contributed by atoms with E-state index >= 15 is 0 Å². The summed E-state index contributed by atoms with van der Waals surface area (Å²) in [7, 11) is 1.40. The Bertz CT molecular complexity index is 829. The molecule has 24 heavy (non-hydrogen) atoms. The molecule has 0 saturated carbocycles.